The first-order valence-electron chi connectivity index (χ1n) is 8.48. The molecule has 1 aliphatic carbocycles. The van der Waals surface area contributed by atoms with Gasteiger partial charge in [-0.3, -0.25) is 10.1 Å². The zero-order valence-corrected chi connectivity index (χ0v) is 14.7. The molecule has 5 nitrogen and oxygen atoms in total. The first kappa shape index (κ1) is 18.4. The highest BCUT2D eigenvalue weighted by Gasteiger charge is 2.23. The third-order valence-electron chi connectivity index (χ3n) is 4.18. The van der Waals surface area contributed by atoms with E-state index in [4.69, 9.17) is 9.84 Å². The van der Waals surface area contributed by atoms with Gasteiger partial charge >= 0.3 is 0 Å². The van der Waals surface area contributed by atoms with Crippen molar-refractivity contribution in [1.82, 2.24) is 0 Å². The molecule has 0 bridgehead atoms. The van der Waals surface area contributed by atoms with Gasteiger partial charge in [-0.05, 0) is 46.0 Å². The molecule has 0 saturated heterocycles. The predicted octanol–water partition coefficient (Wildman–Crippen LogP) is 4.69. The van der Waals surface area contributed by atoms with Gasteiger partial charge in [0.25, 0.3) is 5.69 Å². The second-order valence-electron chi connectivity index (χ2n) is 5.90. The first-order chi connectivity index (χ1) is 13.1. The third kappa shape index (κ3) is 4.04. The standard InChI is InChI=1S/C14H9NO2.C8H10O2/c1-9-11-4-2-3-5-12(11)13-7-6-10(15(16)17)8-14(9)13;9-6-7-10-8-4-2-1-3-5-8/h2-8H,1H2;1-5,9H,6-7H2. The predicted molar refractivity (Wildman–Crippen MR) is 106 cm³/mol. The van der Waals surface area contributed by atoms with Gasteiger partial charge in [0.1, 0.15) is 12.4 Å². The fourth-order valence-electron chi connectivity index (χ4n) is 2.94. The number of fused-ring (bicyclic) bond motifs is 3. The molecule has 5 heteroatoms. The van der Waals surface area contributed by atoms with Crippen molar-refractivity contribution in [3.63, 3.8) is 0 Å². The van der Waals surface area contributed by atoms with Gasteiger partial charge in [-0.25, -0.2) is 0 Å². The number of aliphatic hydroxyl groups is 1. The Bertz CT molecular complexity index is 967. The summed E-state index contributed by atoms with van der Waals surface area (Å²) in [6.45, 7) is 4.44. The molecule has 0 aromatic heterocycles. The quantitative estimate of drug-likeness (QED) is 0.423. The van der Waals surface area contributed by atoms with E-state index in [2.05, 4.69) is 6.58 Å². The van der Waals surface area contributed by atoms with Crippen LogP contribution in [0, 0.1) is 10.1 Å². The van der Waals surface area contributed by atoms with Crippen LogP contribution in [0.15, 0.2) is 79.4 Å². The lowest BCUT2D eigenvalue weighted by Gasteiger charge is -2.01. The minimum absolute atomic E-state index is 0.0644. The maximum atomic E-state index is 10.8. The van der Waals surface area contributed by atoms with Crippen LogP contribution in [0.2, 0.25) is 0 Å². The molecule has 0 radical (unpaired) electrons. The van der Waals surface area contributed by atoms with Crippen LogP contribution in [-0.2, 0) is 0 Å². The van der Waals surface area contributed by atoms with Gasteiger partial charge in [0.05, 0.1) is 11.5 Å². The maximum Gasteiger partial charge on any atom is 0.270 e. The highest BCUT2D eigenvalue weighted by Crippen LogP contribution is 2.44. The van der Waals surface area contributed by atoms with E-state index < -0.39 is 0 Å². The molecule has 136 valence electrons. The minimum Gasteiger partial charge on any atom is -0.491 e. The molecule has 0 saturated carbocycles. The molecule has 3 aromatic carbocycles. The van der Waals surface area contributed by atoms with E-state index in [9.17, 15) is 10.1 Å². The molecule has 0 heterocycles. The van der Waals surface area contributed by atoms with Crippen molar-refractivity contribution >= 4 is 11.3 Å². The first-order valence-corrected chi connectivity index (χ1v) is 8.48. The molecule has 0 unspecified atom stereocenters. The van der Waals surface area contributed by atoms with Crippen molar-refractivity contribution in [2.45, 2.75) is 0 Å². The molecule has 0 atom stereocenters. The van der Waals surface area contributed by atoms with Crippen molar-refractivity contribution in [3.05, 3.63) is 101 Å². The Balaban J connectivity index is 0.000000180. The number of nitro groups is 1. The fourth-order valence-corrected chi connectivity index (χ4v) is 2.94. The summed E-state index contributed by atoms with van der Waals surface area (Å²) >= 11 is 0. The number of non-ortho nitro benzene ring substituents is 1. The molecular formula is C22H19NO4. The second kappa shape index (κ2) is 8.29. The van der Waals surface area contributed by atoms with Crippen LogP contribution in [0.25, 0.3) is 16.7 Å². The summed E-state index contributed by atoms with van der Waals surface area (Å²) in [4.78, 5) is 10.4. The monoisotopic (exact) mass is 361 g/mol. The third-order valence-corrected chi connectivity index (χ3v) is 4.18. The van der Waals surface area contributed by atoms with Gasteiger partial charge < -0.3 is 9.84 Å². The number of rotatable bonds is 4. The number of benzene rings is 3. The van der Waals surface area contributed by atoms with E-state index >= 15 is 0 Å². The molecule has 1 N–H and O–H groups in total. The Labute approximate surface area is 157 Å². The molecule has 0 spiro atoms. The fraction of sp³-hybridized carbons (Fsp3) is 0.0909. The topological polar surface area (TPSA) is 72.6 Å². The number of hydrogen-bond acceptors (Lipinski definition) is 4. The van der Waals surface area contributed by atoms with Gasteiger partial charge in [-0.1, -0.05) is 49.0 Å². The van der Waals surface area contributed by atoms with Crippen LogP contribution in [0.1, 0.15) is 11.1 Å². The van der Waals surface area contributed by atoms with Crippen molar-refractivity contribution in [2.24, 2.45) is 0 Å². The van der Waals surface area contributed by atoms with Gasteiger partial charge in [-0.2, -0.15) is 0 Å². The maximum absolute atomic E-state index is 10.8. The summed E-state index contributed by atoms with van der Waals surface area (Å²) in [7, 11) is 0. The van der Waals surface area contributed by atoms with Crippen LogP contribution in [0.3, 0.4) is 0 Å². The Morgan fingerprint density at radius 2 is 1.52 bits per heavy atom. The summed E-state index contributed by atoms with van der Waals surface area (Å²) in [5.74, 6) is 0.802. The molecule has 0 fully saturated rings. The van der Waals surface area contributed by atoms with Crippen molar-refractivity contribution < 1.29 is 14.8 Å². The number of hydrogen-bond donors (Lipinski definition) is 1. The number of nitro benzene ring substituents is 1. The van der Waals surface area contributed by atoms with Crippen LogP contribution in [-0.4, -0.2) is 23.2 Å². The lowest BCUT2D eigenvalue weighted by Crippen LogP contribution is -2.00. The summed E-state index contributed by atoms with van der Waals surface area (Å²) in [6, 6.07) is 22.3. The summed E-state index contributed by atoms with van der Waals surface area (Å²) in [6.07, 6.45) is 0. The molecule has 1 aliphatic rings. The van der Waals surface area contributed by atoms with Crippen molar-refractivity contribution in [3.8, 4) is 16.9 Å². The van der Waals surface area contributed by atoms with E-state index in [1.54, 1.807) is 12.1 Å². The van der Waals surface area contributed by atoms with E-state index in [0.29, 0.717) is 6.61 Å². The van der Waals surface area contributed by atoms with Crippen molar-refractivity contribution in [2.75, 3.05) is 13.2 Å². The number of ether oxygens (including phenoxy) is 1. The van der Waals surface area contributed by atoms with E-state index in [0.717, 1.165) is 33.6 Å². The molecule has 4 rings (SSSR count). The van der Waals surface area contributed by atoms with Crippen LogP contribution >= 0.6 is 0 Å². The Morgan fingerprint density at radius 3 is 2.19 bits per heavy atom. The Kier molecular flexibility index (Phi) is 5.64. The van der Waals surface area contributed by atoms with E-state index in [1.807, 2.05) is 54.6 Å². The normalized spacial score (nSPS) is 11.1. The average Bonchev–Trinajstić information content (AvgIpc) is 3.00. The molecule has 0 aliphatic heterocycles. The second-order valence-corrected chi connectivity index (χ2v) is 5.90. The number of aliphatic hydroxyl groups excluding tert-OH is 1. The summed E-state index contributed by atoms with van der Waals surface area (Å²) in [5, 5.41) is 19.2. The summed E-state index contributed by atoms with van der Waals surface area (Å²) in [5.41, 5.74) is 5.01. The lowest BCUT2D eigenvalue weighted by molar-refractivity contribution is -0.384. The smallest absolute Gasteiger partial charge is 0.270 e. The highest BCUT2D eigenvalue weighted by atomic mass is 16.6. The van der Waals surface area contributed by atoms with Gasteiger partial charge in [0.2, 0.25) is 0 Å². The van der Waals surface area contributed by atoms with Gasteiger partial charge in [0.15, 0.2) is 0 Å². The Morgan fingerprint density at radius 1 is 0.889 bits per heavy atom. The van der Waals surface area contributed by atoms with Gasteiger partial charge in [-0.15, -0.1) is 0 Å². The van der Waals surface area contributed by atoms with Crippen LogP contribution in [0.4, 0.5) is 5.69 Å². The highest BCUT2D eigenvalue weighted by molar-refractivity contribution is 6.00. The van der Waals surface area contributed by atoms with Crippen LogP contribution < -0.4 is 4.74 Å². The average molecular weight is 361 g/mol. The molecular weight excluding hydrogens is 342 g/mol. The Hall–Kier alpha value is -3.44. The zero-order chi connectivity index (χ0) is 19.2. The van der Waals surface area contributed by atoms with E-state index in [-0.39, 0.29) is 17.2 Å². The van der Waals surface area contributed by atoms with Crippen molar-refractivity contribution in [1.29, 1.82) is 0 Å². The zero-order valence-electron chi connectivity index (χ0n) is 14.7. The SMILES string of the molecule is C=C1c2ccccc2-c2ccc([N+](=O)[O-])cc21.OCCOc1ccccc1. The van der Waals surface area contributed by atoms with E-state index in [1.165, 1.54) is 6.07 Å². The number of nitrogens with zero attached hydrogens (tertiary/aromatic N) is 1. The number of para-hydroxylation sites is 1. The minimum atomic E-state index is -0.378. The molecule has 27 heavy (non-hydrogen) atoms. The molecule has 3 aromatic rings. The largest absolute Gasteiger partial charge is 0.491 e. The molecule has 0 amide bonds. The van der Waals surface area contributed by atoms with Crippen LogP contribution in [0.5, 0.6) is 5.75 Å². The lowest BCUT2D eigenvalue weighted by atomic mass is 10.1. The summed E-state index contributed by atoms with van der Waals surface area (Å²) < 4.78 is 5.11. The van der Waals surface area contributed by atoms with Gasteiger partial charge in [0, 0.05) is 12.1 Å².